The molecule has 0 bridgehead atoms. The molecule has 4 aliphatic heterocycles. The van der Waals surface area contributed by atoms with Crippen molar-refractivity contribution in [1.29, 1.82) is 0 Å². The number of methoxy groups -OCH3 is 4. The molecule has 21 nitrogen and oxygen atoms in total. The summed E-state index contributed by atoms with van der Waals surface area (Å²) >= 11 is 39.8. The molecule has 0 aliphatic carbocycles. The Bertz CT molecular complexity index is 5950. The number of thioether (sulfide) groups is 2. The van der Waals surface area contributed by atoms with Gasteiger partial charge in [0.15, 0.2) is 0 Å². The first-order valence-electron chi connectivity index (χ1n) is 40.4. The van der Waals surface area contributed by atoms with E-state index in [1.807, 2.05) is 149 Å². The van der Waals surface area contributed by atoms with Gasteiger partial charge in [0.1, 0.15) is 50.3 Å². The molecule has 0 saturated heterocycles. The van der Waals surface area contributed by atoms with Gasteiger partial charge >= 0.3 is 12.2 Å². The van der Waals surface area contributed by atoms with Crippen LogP contribution in [0.3, 0.4) is 0 Å². The van der Waals surface area contributed by atoms with Gasteiger partial charge in [-0.2, -0.15) is 0 Å². The fourth-order valence-corrected chi connectivity index (χ4v) is 19.2. The quantitative estimate of drug-likeness (QED) is 0.0413. The van der Waals surface area contributed by atoms with Crippen LogP contribution in [0.25, 0.3) is 43.6 Å². The first kappa shape index (κ1) is 86.6. The van der Waals surface area contributed by atoms with E-state index in [9.17, 15) is 9.59 Å². The van der Waals surface area contributed by atoms with E-state index in [0.29, 0.717) is 49.4 Å². The van der Waals surface area contributed by atoms with Crippen molar-refractivity contribution in [3.05, 3.63) is 295 Å². The summed E-state index contributed by atoms with van der Waals surface area (Å²) in [6, 6.07) is 55.7. The molecule has 0 saturated carbocycles. The zero-order valence-corrected chi connectivity index (χ0v) is 74.6. The second-order valence-electron chi connectivity index (χ2n) is 29.6. The van der Waals surface area contributed by atoms with Crippen molar-refractivity contribution >= 4 is 159 Å². The molecule has 4 N–H and O–H groups in total. The number of hydrogen-bond acceptors (Lipinski definition) is 15. The zero-order chi connectivity index (χ0) is 84.9. The first-order valence-corrected chi connectivity index (χ1v) is 45.0. The number of hydrogen-bond donors (Lipinski definition) is 4. The molecule has 4 unspecified atom stereocenters. The number of nitrogens with zero attached hydrogens (tertiary/aromatic N) is 8. The van der Waals surface area contributed by atoms with Crippen LogP contribution in [0.4, 0.5) is 9.59 Å². The van der Waals surface area contributed by atoms with Crippen molar-refractivity contribution in [2.24, 2.45) is 0 Å². The van der Waals surface area contributed by atoms with Crippen LogP contribution < -0.4 is 18.9 Å². The molecule has 2 amide bonds. The minimum absolute atomic E-state index is 0.0655. The number of imidazole rings is 2. The monoisotopic (exact) mass is 1790 g/mol. The molecule has 632 valence electrons. The number of thiocarbonyl (C=S) groups is 2. The van der Waals surface area contributed by atoms with Crippen LogP contribution in [0.1, 0.15) is 111 Å². The van der Waals surface area contributed by atoms with Crippen LogP contribution in [0.5, 0.6) is 23.0 Å². The number of carbonyl (C=O) groups is 2. The Kier molecular flexibility index (Phi) is 28.6. The predicted octanol–water partition coefficient (Wildman–Crippen LogP) is 21.7. The molecule has 4 aliphatic rings. The lowest BCUT2D eigenvalue weighted by molar-refractivity contribution is 0.0629. The van der Waals surface area contributed by atoms with E-state index in [2.05, 4.69) is 95.2 Å². The third-order valence-corrected chi connectivity index (χ3v) is 26.1. The number of nitrogens with one attached hydrogen (secondary N) is 4. The molecule has 8 aromatic carbocycles. The Balaban J connectivity index is 0.000000127. The highest BCUT2D eigenvalue weighted by molar-refractivity contribution is 8.23. The normalized spacial score (nSPS) is 15.8. The molecule has 6 aromatic heterocycles. The molecular formula is C93H94Cl4N12O9S4. The summed E-state index contributed by atoms with van der Waals surface area (Å²) in [5, 5.41) is 7.54. The van der Waals surface area contributed by atoms with Gasteiger partial charge in [-0.3, -0.25) is 9.80 Å². The highest BCUT2D eigenvalue weighted by Gasteiger charge is 2.39. The Morgan fingerprint density at radius 2 is 0.770 bits per heavy atom. The molecule has 122 heavy (non-hydrogen) atoms. The fraction of sp³-hybridized carbons (Fsp3) is 0.290. The van der Waals surface area contributed by atoms with E-state index >= 15 is 0 Å². The lowest BCUT2D eigenvalue weighted by Crippen LogP contribution is -2.41. The highest BCUT2D eigenvalue weighted by Crippen LogP contribution is 2.46. The van der Waals surface area contributed by atoms with Crippen LogP contribution in [-0.2, 0) is 53.0 Å². The number of aromatic amines is 4. The van der Waals surface area contributed by atoms with E-state index in [-0.39, 0.29) is 43.0 Å². The van der Waals surface area contributed by atoms with Gasteiger partial charge in [-0.15, -0.1) is 11.8 Å². The van der Waals surface area contributed by atoms with E-state index in [4.69, 9.17) is 104 Å². The summed E-state index contributed by atoms with van der Waals surface area (Å²) in [5.41, 5.74) is 18.1. The van der Waals surface area contributed by atoms with Crippen molar-refractivity contribution < 1.29 is 42.7 Å². The third-order valence-electron chi connectivity index (χ3n) is 22.5. The summed E-state index contributed by atoms with van der Waals surface area (Å²) < 4.78 is 44.0. The average Bonchev–Trinajstić information content (AvgIpc) is 1.61. The second-order valence-corrected chi connectivity index (χ2v) is 34.7. The molecule has 0 spiro atoms. The lowest BCUT2D eigenvalue weighted by Gasteiger charge is -2.37. The topological polar surface area (TPSA) is 211 Å². The number of benzene rings is 8. The molecule has 18 rings (SSSR count). The van der Waals surface area contributed by atoms with Gasteiger partial charge in [0.2, 0.25) is 0 Å². The molecule has 14 aromatic rings. The summed E-state index contributed by atoms with van der Waals surface area (Å²) in [5.74, 6) is 4.27. The number of halogens is 4. The molecule has 0 fully saturated rings. The Morgan fingerprint density at radius 1 is 0.434 bits per heavy atom. The summed E-state index contributed by atoms with van der Waals surface area (Å²) in [7, 11) is 6.38. The van der Waals surface area contributed by atoms with Crippen LogP contribution in [0, 0.1) is 0 Å². The lowest BCUT2D eigenvalue weighted by atomic mass is 9.92. The second kappa shape index (κ2) is 40.3. The summed E-state index contributed by atoms with van der Waals surface area (Å²) in [6.07, 6.45) is 17.5. The largest absolute Gasteiger partial charge is 0.497 e. The number of H-pyrrole nitrogens is 4. The van der Waals surface area contributed by atoms with Gasteiger partial charge in [0, 0.05) is 158 Å². The van der Waals surface area contributed by atoms with E-state index < -0.39 is 0 Å². The number of amides is 2. The maximum atomic E-state index is 13.1. The van der Waals surface area contributed by atoms with Crippen molar-refractivity contribution in [2.45, 2.75) is 82.7 Å². The highest BCUT2D eigenvalue weighted by atomic mass is 35.5. The molecule has 0 radical (unpaired) electrons. The maximum Gasteiger partial charge on any atom is 0.410 e. The van der Waals surface area contributed by atoms with E-state index in [1.165, 1.54) is 62.7 Å². The van der Waals surface area contributed by atoms with Gasteiger partial charge in [-0.05, 0) is 216 Å². The van der Waals surface area contributed by atoms with E-state index in [0.717, 1.165) is 161 Å². The zero-order valence-electron chi connectivity index (χ0n) is 68.4. The standard InChI is InChI=1S/C27H29ClN4O4.C25H25ClN4O3.C21H21ClN2OS2.C20H19ClN2OS2/c1-34-15-16-36-27(33)32-12-9-22-23-17-20(28)5-8-24(23)30-25(22)26(32)19-3-6-21(7-4-19)35-14-2-11-31-13-10-29-18-31;1-32-25(31)30-12-9-20-21-15-18(26)5-8-22(21)28-23(20)24(30)17-3-6-19(7-4-17)33-14-2-11-29-13-10-27-16-29;1-3-27-21(26)24-11-10-16-17-12-14(22)6-9-18(17)23-19(16)20(24)13-4-7-15(25-2)8-5-13;1-24-14-6-3-12(4-7-14)19-18-15(9-10-23(19)20(25)26-2)16-11-13(21)5-8-17(16)22-18/h3-8,10,13,17-18,26,30H,2,9,11-12,14-16H2,1H3;3-8,10,13,15-16,24,28H,2,9,11-12,14H2,1H3;4-9,12,20,23H,3,10-11H2,1-2H3;3-8,11,19,22H,9-10H2,1-2H3. The van der Waals surface area contributed by atoms with Crippen LogP contribution >= 0.6 is 94.4 Å². The van der Waals surface area contributed by atoms with Gasteiger partial charge in [0.25, 0.3) is 0 Å². The Morgan fingerprint density at radius 3 is 1.09 bits per heavy atom. The van der Waals surface area contributed by atoms with Gasteiger partial charge in [0.05, 0.1) is 65.9 Å². The summed E-state index contributed by atoms with van der Waals surface area (Å²) in [4.78, 5) is 56.3. The number of aryl methyl sites for hydroxylation is 2. The average molecular weight is 1790 g/mol. The SMILES string of the molecule is CCSC(=S)N1CCc2c([nH]c3ccc(Cl)cc23)C1c1ccc(OC)cc1.COC(=O)N1CCc2c([nH]c3ccc(Cl)cc23)C1c1ccc(OCCCn2ccnc2)cc1.COCCOC(=O)N1CCc2c([nH]c3ccc(Cl)cc23)C1c1ccc(OCCCn2ccnc2)cc1.COc1ccc(C2c3[nH]c4ccc(Cl)cc4c3CCN2C(=S)SC)cc1. The molecular weight excluding hydrogens is 1700 g/mol. The maximum absolute atomic E-state index is 13.1. The number of ether oxygens (including phenoxy) is 7. The van der Waals surface area contributed by atoms with Crippen LogP contribution in [0.2, 0.25) is 20.1 Å². The number of aromatic nitrogens is 8. The van der Waals surface area contributed by atoms with Crippen molar-refractivity contribution in [1.82, 2.24) is 58.6 Å². The number of carbonyl (C=O) groups excluding carboxylic acids is 2. The molecule has 10 heterocycles. The number of fused-ring (bicyclic) bond motifs is 12. The van der Waals surface area contributed by atoms with Crippen molar-refractivity contribution in [3.63, 3.8) is 0 Å². The Hall–Kier alpha value is -10.3. The van der Waals surface area contributed by atoms with Crippen molar-refractivity contribution in [3.8, 4) is 23.0 Å². The van der Waals surface area contributed by atoms with Gasteiger partial charge < -0.3 is 72.0 Å². The minimum Gasteiger partial charge on any atom is -0.497 e. The predicted molar refractivity (Wildman–Crippen MR) is 498 cm³/mol. The Labute approximate surface area is 747 Å². The van der Waals surface area contributed by atoms with E-state index in [1.54, 1.807) is 79.7 Å². The first-order chi connectivity index (χ1) is 59.5. The molecule has 29 heteroatoms. The van der Waals surface area contributed by atoms with Crippen LogP contribution in [-0.4, -0.2) is 173 Å². The van der Waals surface area contributed by atoms with Crippen LogP contribution in [0.15, 0.2) is 207 Å². The minimum atomic E-state index is -0.362. The van der Waals surface area contributed by atoms with Gasteiger partial charge in [-0.25, -0.2) is 19.6 Å². The summed E-state index contributed by atoms with van der Waals surface area (Å²) in [6.45, 7) is 8.53. The third kappa shape index (κ3) is 19.5. The number of rotatable bonds is 20. The fourth-order valence-electron chi connectivity index (χ4n) is 16.7. The van der Waals surface area contributed by atoms with Crippen molar-refractivity contribution in [2.75, 3.05) is 93.1 Å². The molecule has 4 atom stereocenters. The smallest absolute Gasteiger partial charge is 0.410 e. The van der Waals surface area contributed by atoms with Gasteiger partial charge in [-0.1, -0.05) is 138 Å².